The van der Waals surface area contributed by atoms with Crippen LogP contribution in [-0.2, 0) is 0 Å². The number of hydrogen-bond acceptors (Lipinski definition) is 2. The Bertz CT molecular complexity index is 281. The zero-order valence-corrected chi connectivity index (χ0v) is 10.6. The highest BCUT2D eigenvalue weighted by Gasteiger charge is 1.99. The molecule has 1 N–H and O–H groups in total. The Hall–Kier alpha value is -1.18. The molecule has 0 fully saturated rings. The van der Waals surface area contributed by atoms with Gasteiger partial charge in [0, 0.05) is 11.7 Å². The lowest BCUT2D eigenvalue weighted by Gasteiger charge is -2.13. The predicted molar refractivity (Wildman–Crippen MR) is 70.2 cm³/mol. The van der Waals surface area contributed by atoms with E-state index in [0.29, 0.717) is 6.04 Å². The van der Waals surface area contributed by atoms with E-state index in [2.05, 4.69) is 38.2 Å². The van der Waals surface area contributed by atoms with Crippen LogP contribution in [-0.4, -0.2) is 12.6 Å². The fraction of sp³-hybridized carbons (Fsp3) is 0.571. The van der Waals surface area contributed by atoms with E-state index in [1.54, 1.807) is 0 Å². The molecule has 0 aliphatic carbocycles. The van der Waals surface area contributed by atoms with Crippen molar-refractivity contribution in [3.8, 4) is 5.75 Å². The fourth-order valence-electron chi connectivity index (χ4n) is 1.37. The van der Waals surface area contributed by atoms with E-state index in [1.807, 2.05) is 12.1 Å². The molecular weight excluding hydrogens is 198 g/mol. The minimum Gasteiger partial charge on any atom is -0.494 e. The second-order valence-corrected chi connectivity index (χ2v) is 4.18. The van der Waals surface area contributed by atoms with Crippen molar-refractivity contribution in [3.05, 3.63) is 24.3 Å². The largest absolute Gasteiger partial charge is 0.494 e. The number of unbranched alkanes of at least 4 members (excludes halogenated alkanes) is 1. The number of anilines is 1. The van der Waals surface area contributed by atoms with Gasteiger partial charge in [-0.3, -0.25) is 0 Å². The third kappa shape index (κ3) is 4.56. The van der Waals surface area contributed by atoms with Crippen molar-refractivity contribution in [2.24, 2.45) is 0 Å². The van der Waals surface area contributed by atoms with E-state index in [9.17, 15) is 0 Å². The van der Waals surface area contributed by atoms with Crippen LogP contribution >= 0.6 is 0 Å². The number of hydrogen-bond donors (Lipinski definition) is 1. The lowest BCUT2D eigenvalue weighted by molar-refractivity contribution is 0.309. The van der Waals surface area contributed by atoms with Crippen molar-refractivity contribution in [2.45, 2.75) is 46.1 Å². The second-order valence-electron chi connectivity index (χ2n) is 4.18. The second kappa shape index (κ2) is 7.15. The number of ether oxygens (including phenoxy) is 1. The van der Waals surface area contributed by atoms with Crippen molar-refractivity contribution in [2.75, 3.05) is 11.9 Å². The first-order chi connectivity index (χ1) is 7.76. The summed E-state index contributed by atoms with van der Waals surface area (Å²) in [7, 11) is 0. The molecule has 1 unspecified atom stereocenters. The molecule has 0 aliphatic rings. The molecule has 0 amide bonds. The maximum absolute atomic E-state index is 5.60. The number of rotatable bonds is 7. The van der Waals surface area contributed by atoms with Crippen LogP contribution in [0.15, 0.2) is 24.3 Å². The Morgan fingerprint density at radius 3 is 2.44 bits per heavy atom. The predicted octanol–water partition coefficient (Wildman–Crippen LogP) is 4.08. The highest BCUT2D eigenvalue weighted by molar-refractivity contribution is 5.46. The molecule has 2 heteroatoms. The van der Waals surface area contributed by atoms with Gasteiger partial charge in [-0.1, -0.05) is 20.3 Å². The number of nitrogens with one attached hydrogen (secondary N) is 1. The molecule has 90 valence electrons. The highest BCUT2D eigenvalue weighted by Crippen LogP contribution is 2.17. The molecule has 16 heavy (non-hydrogen) atoms. The Labute approximate surface area is 99.0 Å². The van der Waals surface area contributed by atoms with Crippen LogP contribution in [0.25, 0.3) is 0 Å². The normalized spacial score (nSPS) is 12.2. The first-order valence-corrected chi connectivity index (χ1v) is 6.25. The van der Waals surface area contributed by atoms with Crippen LogP contribution in [0.3, 0.4) is 0 Å². The first-order valence-electron chi connectivity index (χ1n) is 6.25. The molecule has 0 saturated carbocycles. The SMILES string of the molecule is CCCCOc1ccc(NC(C)CC)cc1. The molecule has 1 aromatic carbocycles. The van der Waals surface area contributed by atoms with E-state index in [0.717, 1.165) is 30.9 Å². The van der Waals surface area contributed by atoms with Gasteiger partial charge in [0.1, 0.15) is 5.75 Å². The van der Waals surface area contributed by atoms with Crippen molar-refractivity contribution in [3.63, 3.8) is 0 Å². The molecule has 2 nitrogen and oxygen atoms in total. The molecule has 0 radical (unpaired) electrons. The molecule has 0 spiro atoms. The quantitative estimate of drug-likeness (QED) is 0.701. The summed E-state index contributed by atoms with van der Waals surface area (Å²) in [5, 5.41) is 3.43. The van der Waals surface area contributed by atoms with E-state index < -0.39 is 0 Å². The summed E-state index contributed by atoms with van der Waals surface area (Å²) < 4.78 is 5.60. The van der Waals surface area contributed by atoms with Gasteiger partial charge in [-0.2, -0.15) is 0 Å². The van der Waals surface area contributed by atoms with Crippen LogP contribution in [0.1, 0.15) is 40.0 Å². The van der Waals surface area contributed by atoms with Gasteiger partial charge in [-0.15, -0.1) is 0 Å². The Kier molecular flexibility index (Phi) is 5.76. The van der Waals surface area contributed by atoms with Crippen LogP contribution in [0.2, 0.25) is 0 Å². The molecule has 0 saturated heterocycles. The topological polar surface area (TPSA) is 21.3 Å². The van der Waals surface area contributed by atoms with Crippen LogP contribution in [0.5, 0.6) is 5.75 Å². The summed E-state index contributed by atoms with van der Waals surface area (Å²) >= 11 is 0. The molecule has 1 atom stereocenters. The van der Waals surface area contributed by atoms with Gasteiger partial charge in [-0.05, 0) is 44.0 Å². The minimum atomic E-state index is 0.520. The zero-order chi connectivity index (χ0) is 11.8. The Morgan fingerprint density at radius 1 is 1.19 bits per heavy atom. The van der Waals surface area contributed by atoms with Crippen LogP contribution < -0.4 is 10.1 Å². The van der Waals surface area contributed by atoms with Crippen molar-refractivity contribution >= 4 is 5.69 Å². The first kappa shape index (κ1) is 12.9. The highest BCUT2D eigenvalue weighted by atomic mass is 16.5. The smallest absolute Gasteiger partial charge is 0.119 e. The monoisotopic (exact) mass is 221 g/mol. The zero-order valence-electron chi connectivity index (χ0n) is 10.6. The minimum absolute atomic E-state index is 0.520. The van der Waals surface area contributed by atoms with Crippen LogP contribution in [0.4, 0.5) is 5.69 Å². The van der Waals surface area contributed by atoms with E-state index >= 15 is 0 Å². The van der Waals surface area contributed by atoms with Gasteiger partial charge in [0.05, 0.1) is 6.61 Å². The lowest BCUT2D eigenvalue weighted by atomic mass is 10.2. The molecular formula is C14H23NO. The molecule has 0 aliphatic heterocycles. The standard InChI is InChI=1S/C14H23NO/c1-4-6-11-16-14-9-7-13(8-10-14)15-12(3)5-2/h7-10,12,15H,4-6,11H2,1-3H3. The van der Waals surface area contributed by atoms with E-state index in [-0.39, 0.29) is 0 Å². The van der Waals surface area contributed by atoms with Crippen molar-refractivity contribution in [1.82, 2.24) is 0 Å². The molecule has 0 bridgehead atoms. The molecule has 0 aromatic heterocycles. The average Bonchev–Trinajstić information content (AvgIpc) is 2.31. The summed E-state index contributed by atoms with van der Waals surface area (Å²) in [5.41, 5.74) is 1.16. The summed E-state index contributed by atoms with van der Waals surface area (Å²) in [6, 6.07) is 8.73. The summed E-state index contributed by atoms with van der Waals surface area (Å²) in [5.74, 6) is 0.961. The lowest BCUT2D eigenvalue weighted by Crippen LogP contribution is -2.13. The van der Waals surface area contributed by atoms with Gasteiger partial charge in [0.25, 0.3) is 0 Å². The Morgan fingerprint density at radius 2 is 1.88 bits per heavy atom. The molecule has 0 heterocycles. The third-order valence-corrected chi connectivity index (χ3v) is 2.65. The maximum Gasteiger partial charge on any atom is 0.119 e. The van der Waals surface area contributed by atoms with E-state index in [4.69, 9.17) is 4.74 Å². The summed E-state index contributed by atoms with van der Waals surface area (Å²) in [6.07, 6.45) is 3.43. The molecule has 1 rings (SSSR count). The average molecular weight is 221 g/mol. The van der Waals surface area contributed by atoms with Gasteiger partial charge in [0.2, 0.25) is 0 Å². The summed E-state index contributed by atoms with van der Waals surface area (Å²) in [6.45, 7) is 7.35. The molecule has 1 aromatic rings. The van der Waals surface area contributed by atoms with Gasteiger partial charge >= 0.3 is 0 Å². The van der Waals surface area contributed by atoms with Crippen molar-refractivity contribution < 1.29 is 4.74 Å². The van der Waals surface area contributed by atoms with Gasteiger partial charge in [-0.25, -0.2) is 0 Å². The van der Waals surface area contributed by atoms with Gasteiger partial charge < -0.3 is 10.1 Å². The number of benzene rings is 1. The fourth-order valence-corrected chi connectivity index (χ4v) is 1.37. The van der Waals surface area contributed by atoms with E-state index in [1.165, 1.54) is 6.42 Å². The van der Waals surface area contributed by atoms with Gasteiger partial charge in [0.15, 0.2) is 0 Å². The third-order valence-electron chi connectivity index (χ3n) is 2.65. The Balaban J connectivity index is 2.41. The van der Waals surface area contributed by atoms with Crippen molar-refractivity contribution in [1.29, 1.82) is 0 Å². The van der Waals surface area contributed by atoms with Crippen LogP contribution in [0, 0.1) is 0 Å². The maximum atomic E-state index is 5.60. The summed E-state index contributed by atoms with van der Waals surface area (Å²) in [4.78, 5) is 0.